The van der Waals surface area contributed by atoms with Crippen LogP contribution < -0.4 is 10.2 Å². The van der Waals surface area contributed by atoms with E-state index in [4.69, 9.17) is 4.74 Å². The van der Waals surface area contributed by atoms with Gasteiger partial charge in [0.05, 0.1) is 14.7 Å². The van der Waals surface area contributed by atoms with Crippen molar-refractivity contribution in [3.05, 3.63) is 62.0 Å². The Morgan fingerprint density at radius 2 is 1.67 bits per heavy atom. The molecule has 0 aromatic heterocycles. The minimum Gasteiger partial charge on any atom is -0.481 e. The number of hydrogen-bond acceptors (Lipinski definition) is 3. The highest BCUT2D eigenvalue weighted by Gasteiger charge is 2.10. The van der Waals surface area contributed by atoms with Crippen molar-refractivity contribution in [2.24, 2.45) is 5.10 Å². The summed E-state index contributed by atoms with van der Waals surface area (Å²) in [6.45, 7) is 5.73. The van der Waals surface area contributed by atoms with Crippen LogP contribution in [-0.4, -0.2) is 18.2 Å². The second kappa shape index (κ2) is 8.44. The molecule has 0 heterocycles. The van der Waals surface area contributed by atoms with E-state index in [1.165, 1.54) is 5.56 Å². The third kappa shape index (κ3) is 5.18. The molecule has 6 heteroatoms. The highest BCUT2D eigenvalue weighted by molar-refractivity contribution is 9.11. The molecule has 0 aliphatic carbocycles. The van der Waals surface area contributed by atoms with Gasteiger partial charge in [0.15, 0.2) is 6.61 Å². The summed E-state index contributed by atoms with van der Waals surface area (Å²) < 4.78 is 7.15. The van der Waals surface area contributed by atoms with Crippen LogP contribution in [0.4, 0.5) is 0 Å². The predicted octanol–water partition coefficient (Wildman–Crippen LogP) is 4.75. The van der Waals surface area contributed by atoms with Crippen molar-refractivity contribution in [1.29, 1.82) is 0 Å². The fourth-order valence-electron chi connectivity index (χ4n) is 2.00. The van der Waals surface area contributed by atoms with Crippen LogP contribution in [0.2, 0.25) is 0 Å². The molecule has 24 heavy (non-hydrogen) atoms. The number of hydrogen-bond donors (Lipinski definition) is 1. The Balaban J connectivity index is 1.94. The summed E-state index contributed by atoms with van der Waals surface area (Å²) in [5, 5.41) is 4.11. The van der Waals surface area contributed by atoms with Crippen molar-refractivity contribution in [1.82, 2.24) is 5.43 Å². The third-order valence-electron chi connectivity index (χ3n) is 3.31. The third-order valence-corrected chi connectivity index (χ3v) is 4.49. The molecule has 0 atom stereocenters. The van der Waals surface area contributed by atoms with Gasteiger partial charge in [-0.25, -0.2) is 5.43 Å². The molecule has 0 saturated carbocycles. The van der Waals surface area contributed by atoms with Crippen molar-refractivity contribution in [2.75, 3.05) is 6.61 Å². The number of ether oxygens (including phenoxy) is 1. The van der Waals surface area contributed by atoms with Gasteiger partial charge in [-0.05, 0) is 75.9 Å². The number of amides is 1. The van der Waals surface area contributed by atoms with Crippen LogP contribution in [0.5, 0.6) is 5.75 Å². The number of rotatable bonds is 5. The number of carbonyl (C=O) groups excluding carboxylic acids is 1. The zero-order valence-electron chi connectivity index (χ0n) is 13.7. The van der Waals surface area contributed by atoms with Crippen molar-refractivity contribution in [3.8, 4) is 5.75 Å². The smallest absolute Gasteiger partial charge is 0.277 e. The lowest BCUT2D eigenvalue weighted by Crippen LogP contribution is -2.25. The SMILES string of the molecule is C/C(=N/NC(=O)COc1c(Br)cc(C)cc1Br)c1ccc(C)cc1. The van der Waals surface area contributed by atoms with Crippen molar-refractivity contribution in [3.63, 3.8) is 0 Å². The van der Waals surface area contributed by atoms with Crippen LogP contribution in [0.15, 0.2) is 50.4 Å². The first kappa shape index (κ1) is 18.7. The topological polar surface area (TPSA) is 50.7 Å². The lowest BCUT2D eigenvalue weighted by atomic mass is 10.1. The van der Waals surface area contributed by atoms with Crippen LogP contribution >= 0.6 is 31.9 Å². The van der Waals surface area contributed by atoms with Gasteiger partial charge in [0.1, 0.15) is 5.75 Å². The van der Waals surface area contributed by atoms with E-state index in [9.17, 15) is 4.79 Å². The van der Waals surface area contributed by atoms with Gasteiger partial charge in [0.25, 0.3) is 5.91 Å². The quantitative estimate of drug-likeness (QED) is 0.524. The zero-order chi connectivity index (χ0) is 17.7. The van der Waals surface area contributed by atoms with Crippen LogP contribution in [0.3, 0.4) is 0 Å². The largest absolute Gasteiger partial charge is 0.481 e. The molecule has 1 amide bonds. The van der Waals surface area contributed by atoms with E-state index < -0.39 is 0 Å². The molecule has 0 aliphatic rings. The van der Waals surface area contributed by atoms with Gasteiger partial charge < -0.3 is 4.74 Å². The van der Waals surface area contributed by atoms with E-state index in [1.807, 2.05) is 57.2 Å². The summed E-state index contributed by atoms with van der Waals surface area (Å²) in [5.41, 5.74) is 6.48. The molecule has 2 aromatic rings. The Bertz CT molecular complexity index is 748. The van der Waals surface area contributed by atoms with Gasteiger partial charge in [-0.3, -0.25) is 4.79 Å². The van der Waals surface area contributed by atoms with Crippen LogP contribution in [-0.2, 0) is 4.79 Å². The first-order valence-corrected chi connectivity index (χ1v) is 8.94. The molecule has 4 nitrogen and oxygen atoms in total. The van der Waals surface area contributed by atoms with Crippen molar-refractivity contribution < 1.29 is 9.53 Å². The second-order valence-electron chi connectivity index (χ2n) is 5.44. The summed E-state index contributed by atoms with van der Waals surface area (Å²) in [6, 6.07) is 11.8. The normalized spacial score (nSPS) is 11.3. The Morgan fingerprint density at radius 3 is 2.25 bits per heavy atom. The zero-order valence-corrected chi connectivity index (χ0v) is 16.9. The number of nitrogens with zero attached hydrogens (tertiary/aromatic N) is 1. The van der Waals surface area contributed by atoms with Gasteiger partial charge in [-0.2, -0.15) is 5.10 Å². The second-order valence-corrected chi connectivity index (χ2v) is 7.15. The maximum absolute atomic E-state index is 11.9. The molecule has 0 fully saturated rings. The fraction of sp³-hybridized carbons (Fsp3) is 0.222. The van der Waals surface area contributed by atoms with E-state index in [0.717, 1.165) is 25.8 Å². The van der Waals surface area contributed by atoms with E-state index in [0.29, 0.717) is 5.75 Å². The maximum Gasteiger partial charge on any atom is 0.277 e. The summed E-state index contributed by atoms with van der Waals surface area (Å²) >= 11 is 6.86. The number of aryl methyl sites for hydroxylation is 2. The number of halogens is 2. The summed E-state index contributed by atoms with van der Waals surface area (Å²) in [5.74, 6) is 0.274. The highest BCUT2D eigenvalue weighted by Crippen LogP contribution is 2.34. The number of nitrogens with one attached hydrogen (secondary N) is 1. The first-order valence-electron chi connectivity index (χ1n) is 7.35. The lowest BCUT2D eigenvalue weighted by Gasteiger charge is -2.10. The number of hydrazone groups is 1. The molecule has 0 aliphatic heterocycles. The van der Waals surface area contributed by atoms with Gasteiger partial charge in [0, 0.05) is 0 Å². The first-order chi connectivity index (χ1) is 11.4. The maximum atomic E-state index is 11.9. The lowest BCUT2D eigenvalue weighted by molar-refractivity contribution is -0.123. The van der Waals surface area contributed by atoms with Gasteiger partial charge in [-0.1, -0.05) is 29.8 Å². The summed E-state index contributed by atoms with van der Waals surface area (Å²) in [7, 11) is 0. The molecule has 2 rings (SSSR count). The summed E-state index contributed by atoms with van der Waals surface area (Å²) in [4.78, 5) is 11.9. The minimum atomic E-state index is -0.319. The fourth-order valence-corrected chi connectivity index (χ4v) is 3.64. The molecule has 1 N–H and O–H groups in total. The average Bonchev–Trinajstić information content (AvgIpc) is 2.52. The molecular formula is C18H18Br2N2O2. The molecular weight excluding hydrogens is 436 g/mol. The molecule has 2 aromatic carbocycles. The van der Waals surface area contributed by atoms with E-state index >= 15 is 0 Å². The van der Waals surface area contributed by atoms with E-state index in [1.54, 1.807) is 0 Å². The number of benzene rings is 2. The standard InChI is InChI=1S/C18H18Br2N2O2/c1-11-4-6-14(7-5-11)13(3)21-22-17(23)10-24-18-15(19)8-12(2)9-16(18)20/h4-9H,10H2,1-3H3,(H,22,23)/b21-13-. The Morgan fingerprint density at radius 1 is 1.08 bits per heavy atom. The molecule has 0 unspecified atom stereocenters. The minimum absolute atomic E-state index is 0.120. The van der Waals surface area contributed by atoms with Gasteiger partial charge in [0.2, 0.25) is 0 Å². The molecule has 0 bridgehead atoms. The van der Waals surface area contributed by atoms with Crippen molar-refractivity contribution >= 4 is 43.5 Å². The molecule has 0 spiro atoms. The molecule has 0 saturated heterocycles. The van der Waals surface area contributed by atoms with E-state index in [-0.39, 0.29) is 12.5 Å². The number of carbonyl (C=O) groups is 1. The summed E-state index contributed by atoms with van der Waals surface area (Å²) in [6.07, 6.45) is 0. The van der Waals surface area contributed by atoms with Crippen LogP contribution in [0.25, 0.3) is 0 Å². The van der Waals surface area contributed by atoms with Gasteiger partial charge >= 0.3 is 0 Å². The Hall–Kier alpha value is -1.66. The Labute approximate surface area is 158 Å². The van der Waals surface area contributed by atoms with Crippen LogP contribution in [0.1, 0.15) is 23.6 Å². The van der Waals surface area contributed by atoms with E-state index in [2.05, 4.69) is 42.4 Å². The van der Waals surface area contributed by atoms with Crippen LogP contribution in [0, 0.1) is 13.8 Å². The highest BCUT2D eigenvalue weighted by atomic mass is 79.9. The van der Waals surface area contributed by atoms with Crippen molar-refractivity contribution in [2.45, 2.75) is 20.8 Å². The Kier molecular flexibility index (Phi) is 6.57. The predicted molar refractivity (Wildman–Crippen MR) is 104 cm³/mol. The molecule has 0 radical (unpaired) electrons. The average molecular weight is 454 g/mol. The van der Waals surface area contributed by atoms with Gasteiger partial charge in [-0.15, -0.1) is 0 Å². The monoisotopic (exact) mass is 452 g/mol. The molecule has 126 valence electrons.